The van der Waals surface area contributed by atoms with Gasteiger partial charge in [-0.15, -0.1) is 0 Å². The lowest BCUT2D eigenvalue weighted by Gasteiger charge is -2.03. The summed E-state index contributed by atoms with van der Waals surface area (Å²) in [7, 11) is 0. The van der Waals surface area contributed by atoms with Crippen LogP contribution in [0.3, 0.4) is 0 Å². The maximum atomic E-state index is 12.2. The van der Waals surface area contributed by atoms with Gasteiger partial charge in [-0.05, 0) is 42.0 Å². The molecule has 132 valence electrons. The zero-order valence-corrected chi connectivity index (χ0v) is 15.3. The number of hydrogen-bond acceptors (Lipinski definition) is 5. The zero-order valence-electron chi connectivity index (χ0n) is 13.8. The van der Waals surface area contributed by atoms with Crippen molar-refractivity contribution in [1.29, 1.82) is 0 Å². The Kier molecular flexibility index (Phi) is 5.71. The monoisotopic (exact) mass is 388 g/mol. The number of nitrogens with zero attached hydrogens (tertiary/aromatic N) is 2. The first-order valence-electron chi connectivity index (χ1n) is 7.71. The third-order valence-corrected chi connectivity index (χ3v) is 4.19. The van der Waals surface area contributed by atoms with E-state index in [1.165, 1.54) is 6.08 Å². The number of halogens is 2. The van der Waals surface area contributed by atoms with Crippen molar-refractivity contribution in [1.82, 2.24) is 10.1 Å². The molecular formula is C19H14Cl2N2O3. The minimum atomic E-state index is -0.156. The van der Waals surface area contributed by atoms with E-state index in [1.54, 1.807) is 43.3 Å². The lowest BCUT2D eigenvalue weighted by molar-refractivity contribution is 0.104. The first-order valence-corrected chi connectivity index (χ1v) is 8.46. The predicted molar refractivity (Wildman–Crippen MR) is 99.6 cm³/mol. The standard InChI is InChI=1S/C19H14Cl2N2O3/c1-12-22-19(23-26-12)11-25-15-6-2-13(3-7-15)4-9-18(24)14-5-8-16(20)17(21)10-14/h2-10H,11H2,1H3. The number of ether oxygens (including phenoxy) is 1. The number of allylic oxidation sites excluding steroid dienone is 1. The Balaban J connectivity index is 1.60. The smallest absolute Gasteiger partial charge is 0.223 e. The van der Waals surface area contributed by atoms with Crippen LogP contribution in [0.1, 0.15) is 27.6 Å². The highest BCUT2D eigenvalue weighted by atomic mass is 35.5. The predicted octanol–water partition coefficient (Wildman–Crippen LogP) is 5.16. The normalized spacial score (nSPS) is 11.0. The van der Waals surface area contributed by atoms with Crippen molar-refractivity contribution >= 4 is 35.1 Å². The third-order valence-electron chi connectivity index (χ3n) is 3.45. The van der Waals surface area contributed by atoms with Gasteiger partial charge in [0.25, 0.3) is 0 Å². The summed E-state index contributed by atoms with van der Waals surface area (Å²) in [4.78, 5) is 16.2. The molecule has 1 aromatic heterocycles. The molecular weight excluding hydrogens is 375 g/mol. The van der Waals surface area contributed by atoms with Crippen molar-refractivity contribution in [2.24, 2.45) is 0 Å². The lowest BCUT2D eigenvalue weighted by Crippen LogP contribution is -1.97. The van der Waals surface area contributed by atoms with Crippen LogP contribution >= 0.6 is 23.2 Å². The lowest BCUT2D eigenvalue weighted by atomic mass is 10.1. The van der Waals surface area contributed by atoms with Gasteiger partial charge in [0.05, 0.1) is 10.0 Å². The van der Waals surface area contributed by atoms with Crippen LogP contribution in [0.5, 0.6) is 5.75 Å². The summed E-state index contributed by atoms with van der Waals surface area (Å²) < 4.78 is 10.5. The van der Waals surface area contributed by atoms with E-state index in [0.717, 1.165) is 5.56 Å². The highest BCUT2D eigenvalue weighted by molar-refractivity contribution is 6.42. The van der Waals surface area contributed by atoms with Gasteiger partial charge in [0.1, 0.15) is 5.75 Å². The molecule has 0 amide bonds. The van der Waals surface area contributed by atoms with Crippen molar-refractivity contribution < 1.29 is 14.1 Å². The third kappa shape index (κ3) is 4.71. The number of hydrogen-bond donors (Lipinski definition) is 0. The van der Waals surface area contributed by atoms with Gasteiger partial charge in [-0.3, -0.25) is 4.79 Å². The molecule has 7 heteroatoms. The Labute approximate surface area is 160 Å². The molecule has 26 heavy (non-hydrogen) atoms. The summed E-state index contributed by atoms with van der Waals surface area (Å²) in [5.41, 5.74) is 1.34. The van der Waals surface area contributed by atoms with Crippen LogP contribution in [-0.2, 0) is 6.61 Å². The maximum absolute atomic E-state index is 12.2. The molecule has 0 radical (unpaired) electrons. The maximum Gasteiger partial charge on any atom is 0.223 e. The fourth-order valence-corrected chi connectivity index (χ4v) is 2.44. The second-order valence-electron chi connectivity index (χ2n) is 5.41. The Morgan fingerprint density at radius 3 is 2.58 bits per heavy atom. The molecule has 3 rings (SSSR count). The topological polar surface area (TPSA) is 65.2 Å². The van der Waals surface area contributed by atoms with E-state index in [9.17, 15) is 4.79 Å². The summed E-state index contributed by atoms with van der Waals surface area (Å²) in [6, 6.07) is 12.1. The van der Waals surface area contributed by atoms with Gasteiger partial charge in [0.2, 0.25) is 11.7 Å². The van der Waals surface area contributed by atoms with Gasteiger partial charge in [-0.25, -0.2) is 0 Å². The summed E-state index contributed by atoms with van der Waals surface area (Å²) in [6.07, 6.45) is 3.20. The van der Waals surface area contributed by atoms with Gasteiger partial charge in [-0.2, -0.15) is 4.98 Å². The van der Waals surface area contributed by atoms with Crippen molar-refractivity contribution in [3.8, 4) is 5.75 Å². The summed E-state index contributed by atoms with van der Waals surface area (Å²) in [6.45, 7) is 1.94. The molecule has 0 bridgehead atoms. The minimum Gasteiger partial charge on any atom is -0.485 e. The number of carbonyl (C=O) groups excluding carboxylic acids is 1. The van der Waals surface area contributed by atoms with Crippen LogP contribution in [0.4, 0.5) is 0 Å². The van der Waals surface area contributed by atoms with Crippen LogP contribution in [0.25, 0.3) is 6.08 Å². The summed E-state index contributed by atoms with van der Waals surface area (Å²) >= 11 is 11.8. The number of benzene rings is 2. The number of carbonyl (C=O) groups is 1. The highest BCUT2D eigenvalue weighted by Gasteiger charge is 2.06. The van der Waals surface area contributed by atoms with Crippen LogP contribution in [0.15, 0.2) is 53.1 Å². The van der Waals surface area contributed by atoms with Crippen LogP contribution in [0, 0.1) is 6.92 Å². The minimum absolute atomic E-state index is 0.156. The van der Waals surface area contributed by atoms with E-state index in [1.807, 2.05) is 12.1 Å². The fourth-order valence-electron chi connectivity index (χ4n) is 2.14. The van der Waals surface area contributed by atoms with E-state index in [0.29, 0.717) is 33.1 Å². The van der Waals surface area contributed by atoms with Crippen molar-refractivity contribution in [2.75, 3.05) is 0 Å². The second-order valence-corrected chi connectivity index (χ2v) is 6.23. The van der Waals surface area contributed by atoms with Crippen LogP contribution < -0.4 is 4.74 Å². The zero-order chi connectivity index (χ0) is 18.5. The molecule has 0 aliphatic carbocycles. The van der Waals surface area contributed by atoms with E-state index in [2.05, 4.69) is 10.1 Å². The molecule has 2 aromatic carbocycles. The second kappa shape index (κ2) is 8.17. The molecule has 0 aliphatic heterocycles. The number of aryl methyl sites for hydroxylation is 1. The van der Waals surface area contributed by atoms with Crippen molar-refractivity contribution in [2.45, 2.75) is 13.5 Å². The number of rotatable bonds is 6. The van der Waals surface area contributed by atoms with Gasteiger partial charge in [0.15, 0.2) is 12.4 Å². The Bertz CT molecular complexity index is 950. The quantitative estimate of drug-likeness (QED) is 0.430. The molecule has 0 spiro atoms. The van der Waals surface area contributed by atoms with Gasteiger partial charge in [0, 0.05) is 12.5 Å². The molecule has 0 saturated heterocycles. The largest absolute Gasteiger partial charge is 0.485 e. The highest BCUT2D eigenvalue weighted by Crippen LogP contribution is 2.23. The molecule has 0 saturated carbocycles. The molecule has 1 heterocycles. The van der Waals surface area contributed by atoms with E-state index >= 15 is 0 Å². The fraction of sp³-hybridized carbons (Fsp3) is 0.105. The Hall–Kier alpha value is -2.63. The van der Waals surface area contributed by atoms with E-state index in [-0.39, 0.29) is 12.4 Å². The first kappa shape index (κ1) is 18.2. The molecule has 0 aliphatic rings. The molecule has 3 aromatic rings. The molecule has 0 unspecified atom stereocenters. The van der Waals surface area contributed by atoms with E-state index in [4.69, 9.17) is 32.5 Å². The number of ketones is 1. The average Bonchev–Trinajstić information content (AvgIpc) is 3.06. The summed E-state index contributed by atoms with van der Waals surface area (Å²) in [5.74, 6) is 1.49. The Morgan fingerprint density at radius 2 is 1.92 bits per heavy atom. The molecule has 0 fully saturated rings. The SMILES string of the molecule is Cc1nc(COc2ccc(C=CC(=O)c3ccc(Cl)c(Cl)c3)cc2)no1. The van der Waals surface area contributed by atoms with Crippen LogP contribution in [-0.4, -0.2) is 15.9 Å². The van der Waals surface area contributed by atoms with Gasteiger partial charge >= 0.3 is 0 Å². The molecule has 0 N–H and O–H groups in total. The average molecular weight is 389 g/mol. The van der Waals surface area contributed by atoms with Crippen LogP contribution in [0.2, 0.25) is 10.0 Å². The van der Waals surface area contributed by atoms with Crippen molar-refractivity contribution in [3.05, 3.63) is 81.4 Å². The van der Waals surface area contributed by atoms with E-state index < -0.39 is 0 Å². The van der Waals surface area contributed by atoms with Crippen molar-refractivity contribution in [3.63, 3.8) is 0 Å². The Morgan fingerprint density at radius 1 is 1.15 bits per heavy atom. The first-order chi connectivity index (χ1) is 12.5. The number of aromatic nitrogens is 2. The summed E-state index contributed by atoms with van der Waals surface area (Å²) in [5, 5.41) is 4.53. The van der Waals surface area contributed by atoms with Gasteiger partial charge < -0.3 is 9.26 Å². The van der Waals surface area contributed by atoms with Gasteiger partial charge in [-0.1, -0.05) is 46.6 Å². The molecule has 5 nitrogen and oxygen atoms in total. The molecule has 0 atom stereocenters.